The lowest BCUT2D eigenvalue weighted by molar-refractivity contribution is 0.197. The van der Waals surface area contributed by atoms with Crippen molar-refractivity contribution in [3.63, 3.8) is 0 Å². The summed E-state index contributed by atoms with van der Waals surface area (Å²) in [6, 6.07) is 6.55. The molecule has 21 heavy (non-hydrogen) atoms. The third kappa shape index (κ3) is 4.45. The maximum absolute atomic E-state index is 5.62. The highest BCUT2D eigenvalue weighted by molar-refractivity contribution is 5.40. The van der Waals surface area contributed by atoms with Gasteiger partial charge in [-0.25, -0.2) is 0 Å². The molecule has 1 unspecified atom stereocenters. The molecule has 3 nitrogen and oxygen atoms in total. The predicted octanol–water partition coefficient (Wildman–Crippen LogP) is 3.51. The summed E-state index contributed by atoms with van der Waals surface area (Å²) in [4.78, 5) is 0. The van der Waals surface area contributed by atoms with E-state index in [1.165, 1.54) is 36.8 Å². The molecule has 0 amide bonds. The van der Waals surface area contributed by atoms with Gasteiger partial charge in [0.2, 0.25) is 0 Å². The molecule has 1 aliphatic rings. The minimum atomic E-state index is 0.541. The Morgan fingerprint density at radius 3 is 2.67 bits per heavy atom. The Morgan fingerprint density at radius 1 is 1.24 bits per heavy atom. The van der Waals surface area contributed by atoms with Gasteiger partial charge in [-0.2, -0.15) is 0 Å². The number of hydrogen-bond donors (Lipinski definition) is 1. The van der Waals surface area contributed by atoms with Crippen LogP contribution in [0.15, 0.2) is 18.2 Å². The van der Waals surface area contributed by atoms with Crippen molar-refractivity contribution in [3.8, 4) is 5.75 Å². The molecule has 118 valence electrons. The van der Waals surface area contributed by atoms with E-state index in [0.29, 0.717) is 5.92 Å². The molecule has 1 aliphatic carbocycles. The summed E-state index contributed by atoms with van der Waals surface area (Å²) in [6.45, 7) is 4.84. The van der Waals surface area contributed by atoms with Crippen LogP contribution in [0.3, 0.4) is 0 Å². The van der Waals surface area contributed by atoms with Gasteiger partial charge >= 0.3 is 0 Å². The Morgan fingerprint density at radius 2 is 2.00 bits per heavy atom. The number of methoxy groups -OCH3 is 2. The average Bonchev–Trinajstić information content (AvgIpc) is 3.01. The van der Waals surface area contributed by atoms with Crippen LogP contribution in [-0.2, 0) is 4.74 Å². The standard InChI is InChI=1S/C18H29NO2/c1-14-8-9-18(21-3)16(12-14)17(13-19-10-11-20-2)15-6-4-5-7-15/h8-9,12,15,17,19H,4-7,10-11,13H2,1-3H3. The van der Waals surface area contributed by atoms with E-state index in [2.05, 4.69) is 30.4 Å². The lowest BCUT2D eigenvalue weighted by Crippen LogP contribution is -2.28. The maximum atomic E-state index is 5.62. The van der Waals surface area contributed by atoms with Gasteiger partial charge < -0.3 is 14.8 Å². The Labute approximate surface area is 129 Å². The zero-order valence-corrected chi connectivity index (χ0v) is 13.7. The summed E-state index contributed by atoms with van der Waals surface area (Å²) in [5.74, 6) is 2.35. The average molecular weight is 291 g/mol. The fourth-order valence-electron chi connectivity index (χ4n) is 3.47. The third-order valence-corrected chi connectivity index (χ3v) is 4.60. The van der Waals surface area contributed by atoms with Crippen LogP contribution < -0.4 is 10.1 Å². The quantitative estimate of drug-likeness (QED) is 0.743. The van der Waals surface area contributed by atoms with Crippen LogP contribution in [-0.4, -0.2) is 33.9 Å². The highest BCUT2D eigenvalue weighted by Gasteiger charge is 2.28. The lowest BCUT2D eigenvalue weighted by atomic mass is 9.83. The second kappa shape index (κ2) is 8.40. The van der Waals surface area contributed by atoms with Crippen molar-refractivity contribution in [2.75, 3.05) is 33.9 Å². The minimum absolute atomic E-state index is 0.541. The first kappa shape index (κ1) is 16.3. The molecule has 0 bridgehead atoms. The molecule has 1 aromatic carbocycles. The molecule has 1 atom stereocenters. The van der Waals surface area contributed by atoms with Gasteiger partial charge in [0, 0.05) is 26.1 Å². The minimum Gasteiger partial charge on any atom is -0.496 e. The fraction of sp³-hybridized carbons (Fsp3) is 0.667. The Kier molecular flexibility index (Phi) is 6.52. The summed E-state index contributed by atoms with van der Waals surface area (Å²) in [5.41, 5.74) is 2.68. The van der Waals surface area contributed by atoms with E-state index in [-0.39, 0.29) is 0 Å². The van der Waals surface area contributed by atoms with Crippen molar-refractivity contribution in [3.05, 3.63) is 29.3 Å². The van der Waals surface area contributed by atoms with Gasteiger partial charge in [0.1, 0.15) is 5.75 Å². The topological polar surface area (TPSA) is 30.5 Å². The first-order chi connectivity index (χ1) is 10.3. The summed E-state index contributed by atoms with van der Waals surface area (Å²) in [5, 5.41) is 3.55. The van der Waals surface area contributed by atoms with Crippen molar-refractivity contribution < 1.29 is 9.47 Å². The molecule has 1 aromatic rings. The van der Waals surface area contributed by atoms with Crippen molar-refractivity contribution in [1.29, 1.82) is 0 Å². The number of benzene rings is 1. The molecule has 0 spiro atoms. The van der Waals surface area contributed by atoms with E-state index in [4.69, 9.17) is 9.47 Å². The van der Waals surface area contributed by atoms with Gasteiger partial charge in [-0.15, -0.1) is 0 Å². The number of rotatable bonds is 8. The van der Waals surface area contributed by atoms with Crippen LogP contribution >= 0.6 is 0 Å². The zero-order chi connectivity index (χ0) is 15.1. The molecular formula is C18H29NO2. The van der Waals surface area contributed by atoms with Gasteiger partial charge in [0.05, 0.1) is 13.7 Å². The zero-order valence-electron chi connectivity index (χ0n) is 13.7. The lowest BCUT2D eigenvalue weighted by Gasteiger charge is -2.26. The van der Waals surface area contributed by atoms with Gasteiger partial charge in [0.15, 0.2) is 0 Å². The number of aryl methyl sites for hydroxylation is 1. The van der Waals surface area contributed by atoms with Crippen LogP contribution in [0, 0.1) is 12.8 Å². The molecule has 0 heterocycles. The van der Waals surface area contributed by atoms with Crippen LogP contribution in [0.4, 0.5) is 0 Å². The highest BCUT2D eigenvalue weighted by Crippen LogP contribution is 2.40. The molecule has 1 fully saturated rings. The summed E-state index contributed by atoms with van der Waals surface area (Å²) >= 11 is 0. The predicted molar refractivity (Wildman–Crippen MR) is 87.2 cm³/mol. The van der Waals surface area contributed by atoms with Crippen LogP contribution in [0.1, 0.15) is 42.7 Å². The molecule has 0 radical (unpaired) electrons. The molecule has 3 heteroatoms. The van der Waals surface area contributed by atoms with Crippen LogP contribution in [0.2, 0.25) is 0 Å². The fourth-order valence-corrected chi connectivity index (χ4v) is 3.47. The van der Waals surface area contributed by atoms with Gasteiger partial charge in [0.25, 0.3) is 0 Å². The normalized spacial score (nSPS) is 17.1. The number of ether oxygens (including phenoxy) is 2. The highest BCUT2D eigenvalue weighted by atomic mass is 16.5. The SMILES string of the molecule is COCCNCC(c1cc(C)ccc1OC)C1CCCC1. The molecule has 2 rings (SSSR count). The Bertz CT molecular complexity index is 427. The van der Waals surface area contributed by atoms with Crippen molar-refractivity contribution in [2.24, 2.45) is 5.92 Å². The second-order valence-electron chi connectivity index (χ2n) is 6.09. The van der Waals surface area contributed by atoms with Gasteiger partial charge in [-0.3, -0.25) is 0 Å². The van der Waals surface area contributed by atoms with Crippen molar-refractivity contribution in [2.45, 2.75) is 38.5 Å². The van der Waals surface area contributed by atoms with Crippen LogP contribution in [0.25, 0.3) is 0 Å². The first-order valence-corrected chi connectivity index (χ1v) is 8.10. The molecule has 1 saturated carbocycles. The van der Waals surface area contributed by atoms with Gasteiger partial charge in [-0.05, 0) is 37.3 Å². The third-order valence-electron chi connectivity index (χ3n) is 4.60. The van der Waals surface area contributed by atoms with E-state index >= 15 is 0 Å². The largest absolute Gasteiger partial charge is 0.496 e. The molecule has 0 saturated heterocycles. The number of nitrogens with one attached hydrogen (secondary N) is 1. The van der Waals surface area contributed by atoms with Crippen molar-refractivity contribution >= 4 is 0 Å². The molecule has 0 aromatic heterocycles. The Balaban J connectivity index is 2.15. The summed E-state index contributed by atoms with van der Waals surface area (Å²) in [6.07, 6.45) is 5.42. The first-order valence-electron chi connectivity index (χ1n) is 8.10. The second-order valence-corrected chi connectivity index (χ2v) is 6.09. The summed E-state index contributed by atoms with van der Waals surface area (Å²) in [7, 11) is 3.53. The van der Waals surface area contributed by atoms with Crippen molar-refractivity contribution in [1.82, 2.24) is 5.32 Å². The van der Waals surface area contributed by atoms with Crippen LogP contribution in [0.5, 0.6) is 5.75 Å². The monoisotopic (exact) mass is 291 g/mol. The van der Waals surface area contributed by atoms with E-state index in [1.54, 1.807) is 14.2 Å². The molecule has 1 N–H and O–H groups in total. The molecule has 0 aliphatic heterocycles. The summed E-state index contributed by atoms with van der Waals surface area (Å²) < 4.78 is 10.7. The Hall–Kier alpha value is -1.06. The van der Waals surface area contributed by atoms with E-state index < -0.39 is 0 Å². The maximum Gasteiger partial charge on any atom is 0.122 e. The van der Waals surface area contributed by atoms with E-state index in [9.17, 15) is 0 Å². The van der Waals surface area contributed by atoms with Gasteiger partial charge in [-0.1, -0.05) is 30.5 Å². The van der Waals surface area contributed by atoms with E-state index in [1.807, 2.05) is 0 Å². The van der Waals surface area contributed by atoms with E-state index in [0.717, 1.165) is 31.4 Å². The number of hydrogen-bond acceptors (Lipinski definition) is 3. The molecular weight excluding hydrogens is 262 g/mol. The smallest absolute Gasteiger partial charge is 0.122 e.